The Morgan fingerprint density at radius 3 is 2.79 bits per heavy atom. The molecule has 0 amide bonds. The number of nitrogens with one attached hydrogen (secondary N) is 1. The standard InChI is InChI=1S/C23H22ClN9S/c1-11-9-34-22(28-11)23(10-25)14-7-33(8-15(14)23)17-6-26-20-19(30-31-21(20)29-17)12-3-4-16-13(18(12)24)5-27-32(16)2/h3-6,9,14-15H,7-8,10,25H2,1-2H3,(H,29,30,31)/t14-,15+,23?. The minimum Gasteiger partial charge on any atom is -0.355 e. The molecule has 3 N–H and O–H groups in total. The van der Waals surface area contributed by atoms with Crippen molar-refractivity contribution in [2.24, 2.45) is 24.6 Å². The van der Waals surface area contributed by atoms with E-state index in [9.17, 15) is 0 Å². The second kappa shape index (κ2) is 6.97. The fourth-order valence-electron chi connectivity index (χ4n) is 5.71. The molecule has 34 heavy (non-hydrogen) atoms. The first-order valence-corrected chi connectivity index (χ1v) is 12.5. The number of nitrogens with two attached hydrogens (primary N) is 1. The Balaban J connectivity index is 1.18. The molecule has 9 nitrogen and oxygen atoms in total. The zero-order valence-electron chi connectivity index (χ0n) is 18.7. The summed E-state index contributed by atoms with van der Waals surface area (Å²) in [6.07, 6.45) is 3.61. The van der Waals surface area contributed by atoms with E-state index in [1.807, 2.05) is 32.3 Å². The second-order valence-corrected chi connectivity index (χ2v) is 10.5. The molecule has 5 aromatic rings. The summed E-state index contributed by atoms with van der Waals surface area (Å²) in [5.41, 5.74) is 11.2. The number of fused-ring (bicyclic) bond motifs is 3. The van der Waals surface area contributed by atoms with Gasteiger partial charge in [0.1, 0.15) is 16.3 Å². The lowest BCUT2D eigenvalue weighted by Gasteiger charge is -2.25. The highest BCUT2D eigenvalue weighted by molar-refractivity contribution is 7.09. The summed E-state index contributed by atoms with van der Waals surface area (Å²) in [4.78, 5) is 16.6. The molecule has 0 radical (unpaired) electrons. The van der Waals surface area contributed by atoms with Crippen molar-refractivity contribution >= 4 is 50.8 Å². The maximum Gasteiger partial charge on any atom is 0.202 e. The van der Waals surface area contributed by atoms with Gasteiger partial charge in [-0.3, -0.25) is 9.78 Å². The van der Waals surface area contributed by atoms with Crippen LogP contribution in [0.25, 0.3) is 33.3 Å². The third kappa shape index (κ3) is 2.61. The van der Waals surface area contributed by atoms with Crippen LogP contribution in [0.1, 0.15) is 10.7 Å². The fraction of sp³-hybridized carbons (Fsp3) is 0.348. The van der Waals surface area contributed by atoms with Crippen LogP contribution in [0.15, 0.2) is 29.9 Å². The molecule has 172 valence electrons. The Morgan fingerprint density at radius 2 is 2.06 bits per heavy atom. The maximum absolute atomic E-state index is 6.72. The first-order valence-electron chi connectivity index (χ1n) is 11.2. The highest BCUT2D eigenvalue weighted by Crippen LogP contribution is 2.63. The van der Waals surface area contributed by atoms with Gasteiger partial charge in [0.25, 0.3) is 0 Å². The van der Waals surface area contributed by atoms with E-state index in [0.717, 1.165) is 46.8 Å². The minimum atomic E-state index is 0.0220. The molecule has 2 aliphatic rings. The molecular formula is C23H22ClN9S. The molecule has 7 rings (SSSR count). The van der Waals surface area contributed by atoms with Gasteiger partial charge in [-0.1, -0.05) is 11.6 Å². The zero-order chi connectivity index (χ0) is 23.2. The number of aromatic nitrogens is 7. The summed E-state index contributed by atoms with van der Waals surface area (Å²) in [6.45, 7) is 4.49. The van der Waals surface area contributed by atoms with Crippen molar-refractivity contribution in [3.05, 3.63) is 45.6 Å². The number of halogens is 1. The first-order chi connectivity index (χ1) is 16.5. The number of benzene rings is 1. The topological polar surface area (TPSA) is 114 Å². The van der Waals surface area contributed by atoms with Gasteiger partial charge < -0.3 is 10.6 Å². The van der Waals surface area contributed by atoms with Crippen molar-refractivity contribution in [2.45, 2.75) is 12.3 Å². The molecule has 0 spiro atoms. The Bertz CT molecular complexity index is 1570. The largest absolute Gasteiger partial charge is 0.355 e. The highest BCUT2D eigenvalue weighted by Gasteiger charge is 2.69. The van der Waals surface area contributed by atoms with E-state index >= 15 is 0 Å². The number of thiazole rings is 1. The summed E-state index contributed by atoms with van der Waals surface area (Å²) in [5.74, 6) is 1.84. The number of rotatable bonds is 4. The number of H-pyrrole nitrogens is 1. The van der Waals surface area contributed by atoms with Crippen molar-refractivity contribution in [1.29, 1.82) is 0 Å². The van der Waals surface area contributed by atoms with E-state index in [1.165, 1.54) is 5.01 Å². The number of hydrogen-bond acceptors (Lipinski definition) is 8. The molecule has 1 aliphatic heterocycles. The Hall–Kier alpha value is -3.08. The maximum atomic E-state index is 6.72. The highest BCUT2D eigenvalue weighted by atomic mass is 35.5. The van der Waals surface area contributed by atoms with Crippen molar-refractivity contribution in [1.82, 2.24) is 34.9 Å². The fourth-order valence-corrected chi connectivity index (χ4v) is 7.15. The number of aromatic amines is 1. The van der Waals surface area contributed by atoms with Crippen LogP contribution in [0.2, 0.25) is 5.02 Å². The molecule has 3 atom stereocenters. The summed E-state index contributed by atoms with van der Waals surface area (Å²) in [6, 6.07) is 3.97. The van der Waals surface area contributed by atoms with Crippen LogP contribution in [0.4, 0.5) is 5.82 Å². The van der Waals surface area contributed by atoms with E-state index in [0.29, 0.717) is 34.6 Å². The number of piperidine rings is 1. The molecule has 1 unspecified atom stereocenters. The average molecular weight is 492 g/mol. The van der Waals surface area contributed by atoms with Gasteiger partial charge >= 0.3 is 0 Å². The predicted molar refractivity (Wildman–Crippen MR) is 133 cm³/mol. The molecular weight excluding hydrogens is 470 g/mol. The molecule has 4 aromatic heterocycles. The average Bonchev–Trinajstić information content (AvgIpc) is 3.45. The smallest absolute Gasteiger partial charge is 0.202 e. The van der Waals surface area contributed by atoms with Crippen molar-refractivity contribution in [3.63, 3.8) is 0 Å². The van der Waals surface area contributed by atoms with Gasteiger partial charge in [-0.15, -0.1) is 11.3 Å². The van der Waals surface area contributed by atoms with Gasteiger partial charge in [-0.05, 0) is 30.9 Å². The first kappa shape index (κ1) is 20.3. The Labute approximate surface area is 204 Å². The van der Waals surface area contributed by atoms with Crippen LogP contribution in [0.5, 0.6) is 0 Å². The van der Waals surface area contributed by atoms with E-state index < -0.39 is 0 Å². The second-order valence-electron chi connectivity index (χ2n) is 9.28. The monoisotopic (exact) mass is 491 g/mol. The molecule has 11 heteroatoms. The van der Waals surface area contributed by atoms with E-state index in [-0.39, 0.29) is 5.41 Å². The van der Waals surface area contributed by atoms with Crippen molar-refractivity contribution in [3.8, 4) is 11.3 Å². The van der Waals surface area contributed by atoms with Crippen LogP contribution in [-0.2, 0) is 12.5 Å². The van der Waals surface area contributed by atoms with Crippen LogP contribution in [-0.4, -0.2) is 54.6 Å². The third-order valence-corrected chi connectivity index (χ3v) is 9.16. The summed E-state index contributed by atoms with van der Waals surface area (Å²) in [5, 5.41) is 16.7. The molecule has 0 bridgehead atoms. The molecule has 2 fully saturated rings. The number of anilines is 1. The lowest BCUT2D eigenvalue weighted by molar-refractivity contribution is 0.549. The molecule has 1 aromatic carbocycles. The van der Waals surface area contributed by atoms with Crippen LogP contribution < -0.4 is 10.6 Å². The normalized spacial score (nSPS) is 23.8. The van der Waals surface area contributed by atoms with Crippen LogP contribution in [0.3, 0.4) is 0 Å². The number of nitrogens with zero attached hydrogens (tertiary/aromatic N) is 7. The van der Waals surface area contributed by atoms with Crippen LogP contribution >= 0.6 is 22.9 Å². The van der Waals surface area contributed by atoms with Gasteiger partial charge in [0.15, 0.2) is 0 Å². The number of aryl methyl sites for hydroxylation is 2. The predicted octanol–water partition coefficient (Wildman–Crippen LogP) is 3.29. The SMILES string of the molecule is Cc1csc(C2(CN)[C@@H]3CN(c4cnc5c(-c6ccc7c(cnn7C)c6Cl)[nH]nc5n4)C[C@@H]32)n1. The summed E-state index contributed by atoms with van der Waals surface area (Å²) >= 11 is 8.46. The Morgan fingerprint density at radius 1 is 1.24 bits per heavy atom. The lowest BCUT2D eigenvalue weighted by atomic mass is 10.0. The van der Waals surface area contributed by atoms with E-state index in [1.54, 1.807) is 22.2 Å². The third-order valence-electron chi connectivity index (χ3n) is 7.60. The Kier molecular flexibility index (Phi) is 4.16. The van der Waals surface area contributed by atoms with E-state index in [4.69, 9.17) is 32.3 Å². The molecule has 1 saturated heterocycles. The molecule has 1 aliphatic carbocycles. The summed E-state index contributed by atoms with van der Waals surface area (Å²) < 4.78 is 1.80. The molecule has 1 saturated carbocycles. The lowest BCUT2D eigenvalue weighted by Crippen LogP contribution is -2.35. The quantitative estimate of drug-likeness (QED) is 0.396. The van der Waals surface area contributed by atoms with Crippen molar-refractivity contribution < 1.29 is 0 Å². The van der Waals surface area contributed by atoms with E-state index in [2.05, 4.69) is 25.6 Å². The van der Waals surface area contributed by atoms with Crippen molar-refractivity contribution in [2.75, 3.05) is 24.5 Å². The van der Waals surface area contributed by atoms with Gasteiger partial charge in [0, 0.05) is 54.1 Å². The van der Waals surface area contributed by atoms with Gasteiger partial charge in [-0.2, -0.15) is 10.2 Å². The summed E-state index contributed by atoms with van der Waals surface area (Å²) in [7, 11) is 1.90. The van der Waals surface area contributed by atoms with Crippen LogP contribution in [0, 0.1) is 18.8 Å². The molecule has 5 heterocycles. The zero-order valence-corrected chi connectivity index (χ0v) is 20.2. The van der Waals surface area contributed by atoms with Gasteiger partial charge in [0.05, 0.1) is 28.6 Å². The van der Waals surface area contributed by atoms with Gasteiger partial charge in [0.2, 0.25) is 5.65 Å². The minimum absolute atomic E-state index is 0.0220. The number of hydrogen-bond donors (Lipinski definition) is 2. The van der Waals surface area contributed by atoms with Gasteiger partial charge in [-0.25, -0.2) is 15.0 Å².